The van der Waals surface area contributed by atoms with Crippen LogP contribution >= 0.6 is 0 Å². The molecule has 2 aromatic carbocycles. The van der Waals surface area contributed by atoms with Crippen LogP contribution in [0.2, 0.25) is 0 Å². The Morgan fingerprint density at radius 3 is 2.50 bits per heavy atom. The van der Waals surface area contributed by atoms with Crippen molar-refractivity contribution in [3.63, 3.8) is 0 Å². The number of carboxylic acid groups (broad SMARTS) is 1. The summed E-state index contributed by atoms with van der Waals surface area (Å²) in [5, 5.41) is 11.3. The molecule has 2 rings (SSSR count). The Kier molecular flexibility index (Phi) is 4.50. The number of aliphatic carboxylic acids is 1. The monoisotopic (exact) mass is 269 g/mol. The normalized spacial score (nSPS) is 10.0. The van der Waals surface area contributed by atoms with Gasteiger partial charge in [-0.15, -0.1) is 0 Å². The van der Waals surface area contributed by atoms with Crippen molar-refractivity contribution in [1.82, 2.24) is 0 Å². The molecule has 0 aliphatic carbocycles. The molecule has 2 aromatic rings. The molecule has 4 nitrogen and oxygen atoms in total. The van der Waals surface area contributed by atoms with Crippen LogP contribution in [0.15, 0.2) is 48.5 Å². The molecule has 2 N–H and O–H groups in total. The molecule has 0 aromatic heterocycles. The highest BCUT2D eigenvalue weighted by Crippen LogP contribution is 2.23. The second-order valence-electron chi connectivity index (χ2n) is 4.43. The summed E-state index contributed by atoms with van der Waals surface area (Å²) in [4.78, 5) is 21.0. The fraction of sp³-hybridized carbons (Fsp3) is 0.125. The zero-order chi connectivity index (χ0) is 14.4. The second kappa shape index (κ2) is 6.52. The lowest BCUT2D eigenvalue weighted by molar-refractivity contribution is -0.136. The third-order valence-corrected chi connectivity index (χ3v) is 3.00. The number of anilines is 1. The van der Waals surface area contributed by atoms with Crippen LogP contribution in [0.1, 0.15) is 12.0 Å². The van der Waals surface area contributed by atoms with E-state index in [1.165, 1.54) is 0 Å². The zero-order valence-electron chi connectivity index (χ0n) is 10.9. The predicted molar refractivity (Wildman–Crippen MR) is 77.5 cm³/mol. The van der Waals surface area contributed by atoms with E-state index >= 15 is 0 Å². The molecule has 0 saturated heterocycles. The van der Waals surface area contributed by atoms with Crippen LogP contribution in [0.5, 0.6) is 0 Å². The number of amides is 1. The Morgan fingerprint density at radius 1 is 1.10 bits per heavy atom. The average Bonchev–Trinajstić information content (AvgIpc) is 2.46. The van der Waals surface area contributed by atoms with Crippen molar-refractivity contribution in [1.29, 1.82) is 0 Å². The van der Waals surface area contributed by atoms with E-state index in [0.29, 0.717) is 12.8 Å². The fourth-order valence-corrected chi connectivity index (χ4v) is 1.97. The summed E-state index contributed by atoms with van der Waals surface area (Å²) in [7, 11) is 0. The molecule has 20 heavy (non-hydrogen) atoms. The molecule has 0 unspecified atom stereocenters. The van der Waals surface area contributed by atoms with Crippen molar-refractivity contribution in [2.24, 2.45) is 0 Å². The van der Waals surface area contributed by atoms with Gasteiger partial charge in [-0.1, -0.05) is 36.4 Å². The molecule has 102 valence electrons. The highest BCUT2D eigenvalue weighted by Gasteiger charge is 2.02. The highest BCUT2D eigenvalue weighted by atomic mass is 16.4. The smallest absolute Gasteiger partial charge is 0.303 e. The SMILES string of the molecule is O=CNc1cccc(-c2ccc(CCC(=O)O)cc2)c1. The maximum absolute atomic E-state index is 10.5. The van der Waals surface area contributed by atoms with Gasteiger partial charge in [-0.3, -0.25) is 9.59 Å². The van der Waals surface area contributed by atoms with Gasteiger partial charge in [-0.25, -0.2) is 0 Å². The first kappa shape index (κ1) is 13.8. The van der Waals surface area contributed by atoms with Gasteiger partial charge in [0.2, 0.25) is 6.41 Å². The maximum atomic E-state index is 10.5. The summed E-state index contributed by atoms with van der Waals surface area (Å²) in [5.74, 6) is -0.790. The van der Waals surface area contributed by atoms with Crippen molar-refractivity contribution in [3.8, 4) is 11.1 Å². The Hall–Kier alpha value is -2.62. The number of nitrogens with one attached hydrogen (secondary N) is 1. The summed E-state index contributed by atoms with van der Waals surface area (Å²) in [6.07, 6.45) is 1.31. The van der Waals surface area contributed by atoms with Gasteiger partial charge in [0.05, 0.1) is 0 Å². The third-order valence-electron chi connectivity index (χ3n) is 3.00. The lowest BCUT2D eigenvalue weighted by Gasteiger charge is -2.06. The van der Waals surface area contributed by atoms with E-state index in [2.05, 4.69) is 5.32 Å². The van der Waals surface area contributed by atoms with E-state index in [4.69, 9.17) is 5.11 Å². The Labute approximate surface area is 117 Å². The molecule has 0 heterocycles. The number of aryl methyl sites for hydroxylation is 1. The molecule has 0 spiro atoms. The van der Waals surface area contributed by atoms with Crippen LogP contribution in [0.25, 0.3) is 11.1 Å². The van der Waals surface area contributed by atoms with Crippen LogP contribution in [-0.2, 0) is 16.0 Å². The van der Waals surface area contributed by atoms with Gasteiger partial charge in [0.15, 0.2) is 0 Å². The van der Waals surface area contributed by atoms with Crippen molar-refractivity contribution >= 4 is 18.1 Å². The number of carbonyl (C=O) groups excluding carboxylic acids is 1. The van der Waals surface area contributed by atoms with Gasteiger partial charge < -0.3 is 10.4 Å². The molecule has 4 heteroatoms. The molecule has 0 fully saturated rings. The van der Waals surface area contributed by atoms with E-state index in [1.54, 1.807) is 0 Å². The summed E-state index contributed by atoms with van der Waals surface area (Å²) < 4.78 is 0. The van der Waals surface area contributed by atoms with E-state index in [0.717, 1.165) is 22.4 Å². The third kappa shape index (κ3) is 3.68. The van der Waals surface area contributed by atoms with Crippen molar-refractivity contribution < 1.29 is 14.7 Å². The first-order chi connectivity index (χ1) is 9.69. The van der Waals surface area contributed by atoms with Crippen LogP contribution in [-0.4, -0.2) is 17.5 Å². The van der Waals surface area contributed by atoms with Crippen LogP contribution in [0.3, 0.4) is 0 Å². The van der Waals surface area contributed by atoms with E-state index in [9.17, 15) is 9.59 Å². The lowest BCUT2D eigenvalue weighted by atomic mass is 10.0. The van der Waals surface area contributed by atoms with Crippen molar-refractivity contribution in [2.75, 3.05) is 5.32 Å². The van der Waals surface area contributed by atoms with Crippen LogP contribution in [0, 0.1) is 0 Å². The van der Waals surface area contributed by atoms with E-state index < -0.39 is 5.97 Å². The van der Waals surface area contributed by atoms with Gasteiger partial charge in [-0.05, 0) is 35.2 Å². The number of rotatable bonds is 6. The molecule has 0 aliphatic rings. The minimum atomic E-state index is -0.790. The van der Waals surface area contributed by atoms with Gasteiger partial charge >= 0.3 is 5.97 Å². The lowest BCUT2D eigenvalue weighted by Crippen LogP contribution is -1.97. The second-order valence-corrected chi connectivity index (χ2v) is 4.43. The molecular weight excluding hydrogens is 254 g/mol. The largest absolute Gasteiger partial charge is 0.481 e. The van der Waals surface area contributed by atoms with Gasteiger partial charge in [0, 0.05) is 12.1 Å². The van der Waals surface area contributed by atoms with E-state index in [1.807, 2.05) is 48.5 Å². The molecule has 0 saturated carbocycles. The summed E-state index contributed by atoms with van der Waals surface area (Å²) >= 11 is 0. The molecule has 1 amide bonds. The topological polar surface area (TPSA) is 66.4 Å². The number of carbonyl (C=O) groups is 2. The summed E-state index contributed by atoms with van der Waals surface area (Å²) in [6, 6.07) is 15.3. The Bertz CT molecular complexity index is 605. The molecule has 0 aliphatic heterocycles. The Morgan fingerprint density at radius 2 is 1.85 bits per heavy atom. The molecule has 0 bridgehead atoms. The average molecular weight is 269 g/mol. The Balaban J connectivity index is 2.14. The molecule has 0 atom stereocenters. The van der Waals surface area contributed by atoms with Crippen molar-refractivity contribution in [3.05, 3.63) is 54.1 Å². The maximum Gasteiger partial charge on any atom is 0.303 e. The first-order valence-corrected chi connectivity index (χ1v) is 6.30. The van der Waals surface area contributed by atoms with Gasteiger partial charge in [0.1, 0.15) is 0 Å². The fourth-order valence-electron chi connectivity index (χ4n) is 1.97. The van der Waals surface area contributed by atoms with Gasteiger partial charge in [0.25, 0.3) is 0 Å². The minimum absolute atomic E-state index is 0.137. The van der Waals surface area contributed by atoms with Crippen LogP contribution in [0.4, 0.5) is 5.69 Å². The first-order valence-electron chi connectivity index (χ1n) is 6.30. The van der Waals surface area contributed by atoms with Gasteiger partial charge in [-0.2, -0.15) is 0 Å². The molecule has 0 radical (unpaired) electrons. The zero-order valence-corrected chi connectivity index (χ0v) is 10.9. The summed E-state index contributed by atoms with van der Waals surface area (Å²) in [6.45, 7) is 0. The minimum Gasteiger partial charge on any atom is -0.481 e. The number of carboxylic acids is 1. The summed E-state index contributed by atoms with van der Waals surface area (Å²) in [5.41, 5.74) is 3.77. The highest BCUT2D eigenvalue weighted by molar-refractivity contribution is 5.76. The molecular formula is C16H15NO3. The van der Waals surface area contributed by atoms with E-state index in [-0.39, 0.29) is 6.42 Å². The predicted octanol–water partition coefficient (Wildman–Crippen LogP) is 2.94. The van der Waals surface area contributed by atoms with Crippen LogP contribution < -0.4 is 5.32 Å². The standard InChI is InChI=1S/C16H15NO3/c18-11-17-15-3-1-2-14(10-15)13-7-4-12(5-8-13)6-9-16(19)20/h1-5,7-8,10-11H,6,9H2,(H,17,18)(H,19,20). The quantitative estimate of drug-likeness (QED) is 0.792. The number of hydrogen-bond donors (Lipinski definition) is 2. The van der Waals surface area contributed by atoms with Crippen molar-refractivity contribution in [2.45, 2.75) is 12.8 Å². The number of hydrogen-bond acceptors (Lipinski definition) is 2. The number of benzene rings is 2.